The molecule has 9 heteroatoms. The Balaban J connectivity index is 1.43. The molecule has 1 aliphatic rings. The van der Waals surface area contributed by atoms with Gasteiger partial charge >= 0.3 is 0 Å². The van der Waals surface area contributed by atoms with Crippen LogP contribution in [0.25, 0.3) is 10.8 Å². The van der Waals surface area contributed by atoms with Crippen molar-refractivity contribution in [1.82, 2.24) is 10.1 Å². The van der Waals surface area contributed by atoms with Crippen molar-refractivity contribution in [1.29, 1.82) is 0 Å². The van der Waals surface area contributed by atoms with E-state index < -0.39 is 15.1 Å². The Morgan fingerprint density at radius 1 is 1.24 bits per heavy atom. The molecule has 7 nitrogen and oxygen atoms in total. The van der Waals surface area contributed by atoms with Gasteiger partial charge in [0.25, 0.3) is 5.89 Å². The van der Waals surface area contributed by atoms with E-state index in [0.717, 1.165) is 29.1 Å². The van der Waals surface area contributed by atoms with E-state index in [2.05, 4.69) is 15.5 Å². The number of aromatic nitrogens is 2. The molecule has 0 spiro atoms. The van der Waals surface area contributed by atoms with E-state index in [1.54, 1.807) is 44.2 Å². The second-order valence-electron chi connectivity index (χ2n) is 7.36. The first-order valence-corrected chi connectivity index (χ1v) is 11.8. The quantitative estimate of drug-likeness (QED) is 0.606. The number of hydrogen-bond donors (Lipinski definition) is 1. The third-order valence-corrected chi connectivity index (χ3v) is 7.83. The van der Waals surface area contributed by atoms with Gasteiger partial charge in [-0.25, -0.2) is 8.42 Å². The molecule has 2 heterocycles. The molecular formula is C20H21N3O4S2. The lowest BCUT2D eigenvalue weighted by atomic mass is 10.1. The number of carbonyl (C=O) groups excluding carboxylic acids is 1. The Hall–Kier alpha value is -2.52. The van der Waals surface area contributed by atoms with Gasteiger partial charge in [-0.05, 0) is 55.8 Å². The SMILES string of the molecule is CC(C)S(=O)(=O)c1ccc(CC(=O)Nc2ccsc2-c2nc(C3CC3)no2)cc1. The summed E-state index contributed by atoms with van der Waals surface area (Å²) < 4.78 is 29.8. The Labute approximate surface area is 173 Å². The molecule has 0 atom stereocenters. The molecule has 0 unspecified atom stereocenters. The maximum absolute atomic E-state index is 12.5. The summed E-state index contributed by atoms with van der Waals surface area (Å²) in [4.78, 5) is 17.9. The van der Waals surface area contributed by atoms with Crippen molar-refractivity contribution in [2.75, 3.05) is 5.32 Å². The summed E-state index contributed by atoms with van der Waals surface area (Å²) in [5, 5.41) is 8.27. The van der Waals surface area contributed by atoms with Crippen LogP contribution in [-0.4, -0.2) is 29.7 Å². The normalized spacial score (nSPS) is 14.3. The third-order valence-electron chi connectivity index (χ3n) is 4.75. The fraction of sp³-hybridized carbons (Fsp3) is 0.350. The van der Waals surface area contributed by atoms with Crippen LogP contribution in [0.2, 0.25) is 0 Å². The Bertz CT molecular complexity index is 1130. The van der Waals surface area contributed by atoms with Gasteiger partial charge in [0, 0.05) is 5.92 Å². The highest BCUT2D eigenvalue weighted by Crippen LogP contribution is 2.40. The lowest BCUT2D eigenvalue weighted by Gasteiger charge is -2.09. The van der Waals surface area contributed by atoms with Crippen LogP contribution < -0.4 is 5.32 Å². The van der Waals surface area contributed by atoms with E-state index >= 15 is 0 Å². The van der Waals surface area contributed by atoms with E-state index in [1.807, 2.05) is 5.38 Å². The summed E-state index contributed by atoms with van der Waals surface area (Å²) in [6, 6.07) is 8.24. The summed E-state index contributed by atoms with van der Waals surface area (Å²) in [6.07, 6.45) is 2.31. The largest absolute Gasteiger partial charge is 0.333 e. The average molecular weight is 432 g/mol. The van der Waals surface area contributed by atoms with Gasteiger partial charge in [-0.3, -0.25) is 4.79 Å². The topological polar surface area (TPSA) is 102 Å². The number of nitrogens with zero attached hydrogens (tertiary/aromatic N) is 2. The second kappa shape index (κ2) is 7.72. The van der Waals surface area contributed by atoms with Crippen molar-refractivity contribution in [3.05, 3.63) is 47.1 Å². The number of nitrogens with one attached hydrogen (secondary N) is 1. The summed E-state index contributed by atoms with van der Waals surface area (Å²) in [5.74, 6) is 1.33. The molecule has 2 aromatic heterocycles. The molecule has 1 amide bonds. The standard InChI is InChI=1S/C20H21N3O4S2/c1-12(2)29(25,26)15-7-3-13(4-8-15)11-17(24)21-16-9-10-28-18(16)20-22-19(23-27-20)14-5-6-14/h3-4,7-10,12,14H,5-6,11H2,1-2H3,(H,21,24). The van der Waals surface area contributed by atoms with Crippen molar-refractivity contribution in [3.63, 3.8) is 0 Å². The highest BCUT2D eigenvalue weighted by molar-refractivity contribution is 7.92. The Morgan fingerprint density at radius 2 is 1.97 bits per heavy atom. The number of hydrogen-bond acceptors (Lipinski definition) is 7. The van der Waals surface area contributed by atoms with Crippen molar-refractivity contribution < 1.29 is 17.7 Å². The highest BCUT2D eigenvalue weighted by atomic mass is 32.2. The lowest BCUT2D eigenvalue weighted by molar-refractivity contribution is -0.115. The van der Waals surface area contributed by atoms with E-state index in [-0.39, 0.29) is 17.2 Å². The summed E-state index contributed by atoms with van der Waals surface area (Å²) in [6.45, 7) is 3.29. The van der Waals surface area contributed by atoms with Crippen molar-refractivity contribution in [3.8, 4) is 10.8 Å². The Morgan fingerprint density at radius 3 is 2.62 bits per heavy atom. The fourth-order valence-electron chi connectivity index (χ4n) is 2.86. The van der Waals surface area contributed by atoms with Crippen LogP contribution in [0.1, 0.15) is 44.0 Å². The van der Waals surface area contributed by atoms with E-state index in [9.17, 15) is 13.2 Å². The molecule has 3 aromatic rings. The van der Waals surface area contributed by atoms with Crippen molar-refractivity contribution in [2.24, 2.45) is 0 Å². The molecule has 0 aliphatic heterocycles. The predicted molar refractivity (Wildman–Crippen MR) is 111 cm³/mol. The number of sulfone groups is 1. The molecule has 1 aromatic carbocycles. The molecule has 0 bridgehead atoms. The zero-order chi connectivity index (χ0) is 20.6. The maximum Gasteiger partial charge on any atom is 0.270 e. The number of benzene rings is 1. The zero-order valence-corrected chi connectivity index (χ0v) is 17.7. The number of rotatable bonds is 7. The maximum atomic E-state index is 12.5. The van der Waals surface area contributed by atoms with Gasteiger partial charge in [0.15, 0.2) is 15.7 Å². The first kappa shape index (κ1) is 19.8. The molecular weight excluding hydrogens is 410 g/mol. The molecule has 152 valence electrons. The van der Waals surface area contributed by atoms with Crippen LogP contribution in [0.5, 0.6) is 0 Å². The molecule has 29 heavy (non-hydrogen) atoms. The number of anilines is 1. The molecule has 1 fully saturated rings. The monoisotopic (exact) mass is 431 g/mol. The van der Waals surface area contributed by atoms with E-state index in [1.165, 1.54) is 11.3 Å². The van der Waals surface area contributed by atoms with Crippen LogP contribution in [0.4, 0.5) is 5.69 Å². The number of carbonyl (C=O) groups is 1. The summed E-state index contributed by atoms with van der Waals surface area (Å²) in [5.41, 5.74) is 1.36. The van der Waals surface area contributed by atoms with Crippen LogP contribution in [0, 0.1) is 0 Å². The molecule has 1 saturated carbocycles. The van der Waals surface area contributed by atoms with Gasteiger partial charge in [-0.15, -0.1) is 11.3 Å². The lowest BCUT2D eigenvalue weighted by Crippen LogP contribution is -2.15. The summed E-state index contributed by atoms with van der Waals surface area (Å²) >= 11 is 1.43. The minimum absolute atomic E-state index is 0.133. The van der Waals surface area contributed by atoms with Gasteiger partial charge in [0.05, 0.1) is 22.3 Å². The third kappa shape index (κ3) is 4.25. The number of thiophene rings is 1. The van der Waals surface area contributed by atoms with Crippen LogP contribution in [0.15, 0.2) is 45.1 Å². The minimum Gasteiger partial charge on any atom is -0.333 e. The molecule has 1 N–H and O–H groups in total. The predicted octanol–water partition coefficient (Wildman–Crippen LogP) is 4.04. The molecule has 0 radical (unpaired) electrons. The average Bonchev–Trinajstić information content (AvgIpc) is 3.23. The first-order valence-electron chi connectivity index (χ1n) is 9.38. The van der Waals surface area contributed by atoms with Crippen molar-refractivity contribution >= 4 is 32.8 Å². The Kier molecular flexibility index (Phi) is 5.26. The second-order valence-corrected chi connectivity index (χ2v) is 10.8. The first-order chi connectivity index (χ1) is 13.8. The van der Waals surface area contributed by atoms with E-state index in [4.69, 9.17) is 4.52 Å². The molecule has 1 aliphatic carbocycles. The smallest absolute Gasteiger partial charge is 0.270 e. The van der Waals surface area contributed by atoms with Crippen LogP contribution >= 0.6 is 11.3 Å². The van der Waals surface area contributed by atoms with Crippen LogP contribution in [-0.2, 0) is 21.1 Å². The van der Waals surface area contributed by atoms with Gasteiger partial charge in [-0.2, -0.15) is 4.98 Å². The van der Waals surface area contributed by atoms with Crippen LogP contribution in [0.3, 0.4) is 0 Å². The van der Waals surface area contributed by atoms with Crippen molar-refractivity contribution in [2.45, 2.75) is 49.2 Å². The number of amides is 1. The molecule has 4 rings (SSSR count). The highest BCUT2D eigenvalue weighted by Gasteiger charge is 2.29. The zero-order valence-electron chi connectivity index (χ0n) is 16.1. The van der Waals surface area contributed by atoms with Gasteiger partial charge in [0.1, 0.15) is 4.88 Å². The summed E-state index contributed by atoms with van der Waals surface area (Å²) in [7, 11) is -3.32. The van der Waals surface area contributed by atoms with E-state index in [0.29, 0.717) is 17.5 Å². The minimum atomic E-state index is -3.32. The van der Waals surface area contributed by atoms with Gasteiger partial charge in [0.2, 0.25) is 5.91 Å². The van der Waals surface area contributed by atoms with Gasteiger partial charge in [-0.1, -0.05) is 17.3 Å². The van der Waals surface area contributed by atoms with Gasteiger partial charge < -0.3 is 9.84 Å². The fourth-order valence-corrected chi connectivity index (χ4v) is 4.69. The molecule has 0 saturated heterocycles.